The van der Waals surface area contributed by atoms with E-state index in [9.17, 15) is 4.79 Å². The molecule has 1 saturated carbocycles. The normalized spacial score (nSPS) is 19.6. The van der Waals surface area contributed by atoms with Crippen LogP contribution in [0, 0.1) is 5.92 Å². The fraction of sp³-hybridized carbons (Fsp3) is 0.857. The van der Waals surface area contributed by atoms with Crippen LogP contribution in [0.3, 0.4) is 0 Å². The average Bonchev–Trinajstić information content (AvgIpc) is 1.90. The van der Waals surface area contributed by atoms with E-state index >= 15 is 0 Å². The van der Waals surface area contributed by atoms with Gasteiger partial charge >= 0.3 is 5.97 Å². The van der Waals surface area contributed by atoms with Gasteiger partial charge in [0.05, 0.1) is 5.92 Å². The van der Waals surface area contributed by atoms with Crippen molar-refractivity contribution in [1.29, 1.82) is 0 Å². The van der Waals surface area contributed by atoms with Crippen LogP contribution >= 0.6 is 0 Å². The smallest absolute Gasteiger partial charge is 0.306 e. The third-order valence-electron chi connectivity index (χ3n) is 1.95. The first-order chi connectivity index (χ1) is 4.30. The van der Waals surface area contributed by atoms with E-state index in [1.165, 1.54) is 6.42 Å². The Hall–Kier alpha value is 0.0934. The molecule has 0 aromatic heterocycles. The molecule has 0 amide bonds. The van der Waals surface area contributed by atoms with Gasteiger partial charge in [0.1, 0.15) is 0 Å². The fourth-order valence-corrected chi connectivity index (χ4v) is 1.35. The Balaban J connectivity index is 0.000000810. The summed E-state index contributed by atoms with van der Waals surface area (Å²) in [5, 5.41) is 8.54. The predicted octanol–water partition coefficient (Wildman–Crippen LogP) is 1.65. The van der Waals surface area contributed by atoms with Crippen molar-refractivity contribution in [2.75, 3.05) is 0 Å². The minimum atomic E-state index is -0.602. The predicted molar refractivity (Wildman–Crippen MR) is 34.2 cm³/mol. The molecule has 0 saturated heterocycles. The van der Waals surface area contributed by atoms with Crippen LogP contribution in [0.1, 0.15) is 32.1 Å². The molecule has 2 nitrogen and oxygen atoms in total. The summed E-state index contributed by atoms with van der Waals surface area (Å²) in [6.07, 6.45) is 5.24. The van der Waals surface area contributed by atoms with E-state index in [0.29, 0.717) is 0 Å². The second-order valence-electron chi connectivity index (χ2n) is 2.67. The third-order valence-corrected chi connectivity index (χ3v) is 1.95. The molecular weight excluding hydrogens is 181 g/mol. The SMILES string of the molecule is O=C(O)C1CCCCC1.[Zn]. The molecule has 3 heteroatoms. The molecule has 0 aromatic carbocycles. The molecule has 0 atom stereocenters. The van der Waals surface area contributed by atoms with Crippen LogP contribution in [0.4, 0.5) is 0 Å². The Bertz CT molecular complexity index is 108. The second kappa shape index (κ2) is 4.84. The van der Waals surface area contributed by atoms with Gasteiger partial charge in [-0.15, -0.1) is 0 Å². The maximum absolute atomic E-state index is 10.4. The summed E-state index contributed by atoms with van der Waals surface area (Å²) in [7, 11) is 0. The molecule has 54 valence electrons. The van der Waals surface area contributed by atoms with Gasteiger partial charge in [-0.25, -0.2) is 0 Å². The van der Waals surface area contributed by atoms with Crippen molar-refractivity contribution in [3.8, 4) is 0 Å². The van der Waals surface area contributed by atoms with Crippen molar-refractivity contribution in [1.82, 2.24) is 0 Å². The number of carbonyl (C=O) groups is 1. The number of rotatable bonds is 1. The van der Waals surface area contributed by atoms with Crippen LogP contribution in [-0.4, -0.2) is 11.1 Å². The van der Waals surface area contributed by atoms with Crippen LogP contribution in [0.25, 0.3) is 0 Å². The first-order valence-electron chi connectivity index (χ1n) is 3.53. The first-order valence-corrected chi connectivity index (χ1v) is 3.53. The summed E-state index contributed by atoms with van der Waals surface area (Å²) >= 11 is 0. The monoisotopic (exact) mass is 192 g/mol. The van der Waals surface area contributed by atoms with Gasteiger partial charge in [-0.1, -0.05) is 19.3 Å². The molecular formula is C7H12O2Zn. The van der Waals surface area contributed by atoms with Crippen molar-refractivity contribution in [2.45, 2.75) is 32.1 Å². The Morgan fingerprint density at radius 2 is 1.70 bits per heavy atom. The van der Waals surface area contributed by atoms with Gasteiger partial charge in [-0.2, -0.15) is 0 Å². The molecule has 0 aliphatic heterocycles. The summed E-state index contributed by atoms with van der Waals surface area (Å²) in [5.41, 5.74) is 0. The Morgan fingerprint density at radius 1 is 1.20 bits per heavy atom. The molecule has 1 N–H and O–H groups in total. The molecule has 1 fully saturated rings. The van der Waals surface area contributed by atoms with Gasteiger partial charge < -0.3 is 5.11 Å². The van der Waals surface area contributed by atoms with Crippen LogP contribution in [0.2, 0.25) is 0 Å². The fourth-order valence-electron chi connectivity index (χ4n) is 1.35. The number of carboxylic acids is 1. The Kier molecular flexibility index (Phi) is 4.89. The van der Waals surface area contributed by atoms with Gasteiger partial charge in [0.15, 0.2) is 0 Å². The Labute approximate surface area is 73.8 Å². The van der Waals surface area contributed by atoms with Crippen LogP contribution < -0.4 is 0 Å². The van der Waals surface area contributed by atoms with Crippen molar-refractivity contribution < 1.29 is 29.4 Å². The van der Waals surface area contributed by atoms with Gasteiger partial charge in [0.25, 0.3) is 0 Å². The molecule has 0 unspecified atom stereocenters. The molecule has 0 heterocycles. The molecule has 0 bridgehead atoms. The molecule has 0 spiro atoms. The second-order valence-corrected chi connectivity index (χ2v) is 2.67. The van der Waals surface area contributed by atoms with Crippen molar-refractivity contribution >= 4 is 5.97 Å². The van der Waals surface area contributed by atoms with E-state index in [2.05, 4.69) is 0 Å². The van der Waals surface area contributed by atoms with Gasteiger partial charge in [0.2, 0.25) is 0 Å². The molecule has 0 aromatic rings. The summed E-state index contributed by atoms with van der Waals surface area (Å²) in [5.74, 6) is -0.631. The number of carboxylic acid groups (broad SMARTS) is 1. The van der Waals surface area contributed by atoms with E-state index in [1.807, 2.05) is 0 Å². The summed E-state index contributed by atoms with van der Waals surface area (Å²) < 4.78 is 0. The van der Waals surface area contributed by atoms with E-state index in [1.54, 1.807) is 0 Å². The molecule has 1 rings (SSSR count). The quantitative estimate of drug-likeness (QED) is 0.643. The minimum absolute atomic E-state index is 0. The number of aliphatic carboxylic acids is 1. The standard InChI is InChI=1S/C7H12O2.Zn/c8-7(9)6-4-2-1-3-5-6;/h6H,1-5H2,(H,8,9);. The maximum Gasteiger partial charge on any atom is 0.306 e. The maximum atomic E-state index is 10.4. The van der Waals surface area contributed by atoms with Crippen molar-refractivity contribution in [3.63, 3.8) is 0 Å². The number of hydrogen-bond acceptors (Lipinski definition) is 1. The molecule has 1 aliphatic carbocycles. The minimum Gasteiger partial charge on any atom is -0.481 e. The van der Waals surface area contributed by atoms with Crippen LogP contribution in [0.5, 0.6) is 0 Å². The van der Waals surface area contributed by atoms with Gasteiger partial charge in [0, 0.05) is 19.5 Å². The molecule has 1 aliphatic rings. The topological polar surface area (TPSA) is 37.3 Å². The van der Waals surface area contributed by atoms with E-state index in [4.69, 9.17) is 5.11 Å². The summed E-state index contributed by atoms with van der Waals surface area (Å²) in [6, 6.07) is 0. The zero-order valence-electron chi connectivity index (χ0n) is 6.18. The zero-order chi connectivity index (χ0) is 6.69. The summed E-state index contributed by atoms with van der Waals surface area (Å²) in [4.78, 5) is 10.4. The van der Waals surface area contributed by atoms with Gasteiger partial charge in [-0.3, -0.25) is 4.79 Å². The molecule has 0 radical (unpaired) electrons. The third kappa shape index (κ3) is 2.78. The molecule has 10 heavy (non-hydrogen) atoms. The number of hydrogen-bond donors (Lipinski definition) is 1. The van der Waals surface area contributed by atoms with E-state index in [-0.39, 0.29) is 25.4 Å². The summed E-state index contributed by atoms with van der Waals surface area (Å²) in [6.45, 7) is 0. The van der Waals surface area contributed by atoms with E-state index in [0.717, 1.165) is 25.7 Å². The van der Waals surface area contributed by atoms with E-state index < -0.39 is 5.97 Å². The largest absolute Gasteiger partial charge is 0.481 e. The van der Waals surface area contributed by atoms with Crippen molar-refractivity contribution in [3.05, 3.63) is 0 Å². The van der Waals surface area contributed by atoms with Crippen molar-refractivity contribution in [2.24, 2.45) is 5.92 Å². The van der Waals surface area contributed by atoms with Crippen LogP contribution in [0.15, 0.2) is 0 Å². The average molecular weight is 194 g/mol. The van der Waals surface area contributed by atoms with Gasteiger partial charge in [-0.05, 0) is 12.8 Å². The van der Waals surface area contributed by atoms with Crippen LogP contribution in [-0.2, 0) is 24.3 Å². The first kappa shape index (κ1) is 10.1. The Morgan fingerprint density at radius 3 is 2.00 bits per heavy atom. The zero-order valence-corrected chi connectivity index (χ0v) is 9.14.